The maximum atomic E-state index is 6.39. The number of anilines is 1. The summed E-state index contributed by atoms with van der Waals surface area (Å²) in [6.07, 6.45) is 2.75. The molecule has 1 aliphatic heterocycles. The van der Waals surface area contributed by atoms with Crippen LogP contribution < -0.4 is 10.2 Å². The molecule has 0 aromatic heterocycles. The molecule has 18 heavy (non-hydrogen) atoms. The van der Waals surface area contributed by atoms with Crippen molar-refractivity contribution < 1.29 is 0 Å². The van der Waals surface area contributed by atoms with E-state index in [0.717, 1.165) is 30.6 Å². The Labute approximate surface area is 114 Å². The van der Waals surface area contributed by atoms with Crippen molar-refractivity contribution in [1.82, 2.24) is 5.32 Å². The molecule has 2 nitrogen and oxygen atoms in total. The van der Waals surface area contributed by atoms with Crippen molar-refractivity contribution in [3.8, 4) is 0 Å². The minimum Gasteiger partial charge on any atom is -0.367 e. The van der Waals surface area contributed by atoms with E-state index in [1.807, 2.05) is 0 Å². The predicted octanol–water partition coefficient (Wildman–Crippen LogP) is 3.23. The molecule has 2 aliphatic rings. The molecule has 1 heterocycles. The van der Waals surface area contributed by atoms with E-state index in [9.17, 15) is 0 Å². The molecule has 0 amide bonds. The predicted molar refractivity (Wildman–Crippen MR) is 77.5 cm³/mol. The zero-order valence-corrected chi connectivity index (χ0v) is 11.9. The number of rotatable bonds is 2. The molecular formula is C15H21ClN2. The molecule has 0 spiro atoms. The third-order valence-corrected chi connectivity index (χ3v) is 4.65. The summed E-state index contributed by atoms with van der Waals surface area (Å²) in [6.45, 7) is 7.61. The maximum absolute atomic E-state index is 6.39. The maximum Gasteiger partial charge on any atom is 0.0642 e. The van der Waals surface area contributed by atoms with Gasteiger partial charge in [0.1, 0.15) is 0 Å². The fourth-order valence-corrected chi connectivity index (χ4v) is 3.43. The Hall–Kier alpha value is -0.730. The lowest BCUT2D eigenvalue weighted by Crippen LogP contribution is -2.60. The van der Waals surface area contributed by atoms with Crippen LogP contribution in [0.1, 0.15) is 25.3 Å². The standard InChI is InChI=1S/C15H21ClN2/c1-11-3-6-14(13(16)9-11)18-8-7-17-15(2,10-18)12-4-5-12/h3,6,9,12,17H,4-5,7-8,10H2,1-2H3. The number of nitrogens with one attached hydrogen (secondary N) is 1. The van der Waals surface area contributed by atoms with Crippen molar-refractivity contribution in [2.45, 2.75) is 32.2 Å². The Bertz CT molecular complexity index is 456. The van der Waals surface area contributed by atoms with Crippen LogP contribution in [0, 0.1) is 12.8 Å². The lowest BCUT2D eigenvalue weighted by molar-refractivity contribution is 0.285. The Morgan fingerprint density at radius 2 is 2.17 bits per heavy atom. The highest BCUT2D eigenvalue weighted by molar-refractivity contribution is 6.33. The number of piperazine rings is 1. The summed E-state index contributed by atoms with van der Waals surface area (Å²) in [5.74, 6) is 0.851. The number of hydrogen-bond acceptors (Lipinski definition) is 2. The minimum atomic E-state index is 0.270. The van der Waals surface area contributed by atoms with Gasteiger partial charge < -0.3 is 10.2 Å². The van der Waals surface area contributed by atoms with Crippen molar-refractivity contribution in [2.75, 3.05) is 24.5 Å². The minimum absolute atomic E-state index is 0.270. The number of halogens is 1. The summed E-state index contributed by atoms with van der Waals surface area (Å²) < 4.78 is 0. The molecule has 1 saturated heterocycles. The summed E-state index contributed by atoms with van der Waals surface area (Å²) in [5, 5.41) is 4.59. The molecule has 0 bridgehead atoms. The molecule has 1 unspecified atom stereocenters. The van der Waals surface area contributed by atoms with Gasteiger partial charge in [-0.3, -0.25) is 0 Å². The van der Waals surface area contributed by atoms with E-state index in [0.29, 0.717) is 0 Å². The third kappa shape index (κ3) is 2.24. The molecule has 1 aromatic rings. The van der Waals surface area contributed by atoms with Gasteiger partial charge in [-0.05, 0) is 50.3 Å². The van der Waals surface area contributed by atoms with Crippen LogP contribution >= 0.6 is 11.6 Å². The second-order valence-electron chi connectivity index (χ2n) is 5.99. The van der Waals surface area contributed by atoms with E-state index in [4.69, 9.17) is 11.6 Å². The van der Waals surface area contributed by atoms with Gasteiger partial charge in [-0.15, -0.1) is 0 Å². The molecule has 3 rings (SSSR count). The summed E-state index contributed by atoms with van der Waals surface area (Å²) in [7, 11) is 0. The van der Waals surface area contributed by atoms with E-state index in [1.165, 1.54) is 24.1 Å². The van der Waals surface area contributed by atoms with Crippen LogP contribution in [0.2, 0.25) is 5.02 Å². The molecule has 98 valence electrons. The highest BCUT2D eigenvalue weighted by Crippen LogP contribution is 2.42. The van der Waals surface area contributed by atoms with E-state index in [2.05, 4.69) is 42.3 Å². The number of hydrogen-bond donors (Lipinski definition) is 1. The van der Waals surface area contributed by atoms with E-state index in [-0.39, 0.29) is 5.54 Å². The second-order valence-corrected chi connectivity index (χ2v) is 6.40. The van der Waals surface area contributed by atoms with Crippen LogP contribution in [0.25, 0.3) is 0 Å². The van der Waals surface area contributed by atoms with Gasteiger partial charge in [0.05, 0.1) is 10.7 Å². The van der Waals surface area contributed by atoms with Gasteiger partial charge in [0, 0.05) is 25.2 Å². The first-order chi connectivity index (χ1) is 8.58. The Morgan fingerprint density at radius 3 is 2.83 bits per heavy atom. The molecule has 1 N–H and O–H groups in total. The summed E-state index contributed by atoms with van der Waals surface area (Å²) in [4.78, 5) is 2.44. The van der Waals surface area contributed by atoms with Crippen LogP contribution in [0.15, 0.2) is 18.2 Å². The van der Waals surface area contributed by atoms with Crippen molar-refractivity contribution in [3.63, 3.8) is 0 Å². The van der Waals surface area contributed by atoms with Crippen LogP contribution in [0.5, 0.6) is 0 Å². The zero-order valence-electron chi connectivity index (χ0n) is 11.2. The van der Waals surface area contributed by atoms with Crippen molar-refractivity contribution >= 4 is 17.3 Å². The van der Waals surface area contributed by atoms with E-state index < -0.39 is 0 Å². The highest BCUT2D eigenvalue weighted by Gasteiger charge is 2.44. The Kier molecular flexibility index (Phi) is 3.03. The first kappa shape index (κ1) is 12.3. The zero-order chi connectivity index (χ0) is 12.8. The first-order valence-electron chi connectivity index (χ1n) is 6.85. The van der Waals surface area contributed by atoms with Crippen LogP contribution in [0.3, 0.4) is 0 Å². The monoisotopic (exact) mass is 264 g/mol. The van der Waals surface area contributed by atoms with Gasteiger partial charge in [0.15, 0.2) is 0 Å². The Balaban J connectivity index is 1.83. The fraction of sp³-hybridized carbons (Fsp3) is 0.600. The topological polar surface area (TPSA) is 15.3 Å². The summed E-state index contributed by atoms with van der Waals surface area (Å²) >= 11 is 6.39. The van der Waals surface area contributed by atoms with Crippen LogP contribution in [0.4, 0.5) is 5.69 Å². The largest absolute Gasteiger partial charge is 0.367 e. The molecule has 2 fully saturated rings. The summed E-state index contributed by atoms with van der Waals surface area (Å²) in [5.41, 5.74) is 2.69. The summed E-state index contributed by atoms with van der Waals surface area (Å²) in [6, 6.07) is 6.38. The molecule has 1 atom stereocenters. The molecule has 1 aromatic carbocycles. The highest BCUT2D eigenvalue weighted by atomic mass is 35.5. The number of benzene rings is 1. The lowest BCUT2D eigenvalue weighted by Gasteiger charge is -2.43. The molecule has 0 radical (unpaired) electrons. The van der Waals surface area contributed by atoms with Crippen LogP contribution in [-0.4, -0.2) is 25.2 Å². The quantitative estimate of drug-likeness (QED) is 0.882. The number of nitrogens with zero attached hydrogens (tertiary/aromatic N) is 1. The molecule has 1 aliphatic carbocycles. The van der Waals surface area contributed by atoms with Gasteiger partial charge in [0.25, 0.3) is 0 Å². The normalized spacial score (nSPS) is 28.5. The fourth-order valence-electron chi connectivity index (χ4n) is 3.08. The lowest BCUT2D eigenvalue weighted by atomic mass is 9.92. The second kappa shape index (κ2) is 4.43. The van der Waals surface area contributed by atoms with Crippen molar-refractivity contribution in [2.24, 2.45) is 5.92 Å². The average Bonchev–Trinajstić information content (AvgIpc) is 3.12. The molecule has 3 heteroatoms. The molecule has 1 saturated carbocycles. The van der Waals surface area contributed by atoms with Gasteiger partial charge in [0.2, 0.25) is 0 Å². The van der Waals surface area contributed by atoms with Gasteiger partial charge in [-0.2, -0.15) is 0 Å². The van der Waals surface area contributed by atoms with E-state index in [1.54, 1.807) is 0 Å². The smallest absolute Gasteiger partial charge is 0.0642 e. The SMILES string of the molecule is Cc1ccc(N2CCNC(C)(C3CC3)C2)c(Cl)c1. The number of aryl methyl sites for hydroxylation is 1. The first-order valence-corrected chi connectivity index (χ1v) is 7.22. The Morgan fingerprint density at radius 1 is 1.39 bits per heavy atom. The van der Waals surface area contributed by atoms with Crippen molar-refractivity contribution in [1.29, 1.82) is 0 Å². The third-order valence-electron chi connectivity index (χ3n) is 4.35. The average molecular weight is 265 g/mol. The van der Waals surface area contributed by atoms with Crippen LogP contribution in [-0.2, 0) is 0 Å². The van der Waals surface area contributed by atoms with Gasteiger partial charge in [-0.1, -0.05) is 17.7 Å². The van der Waals surface area contributed by atoms with Gasteiger partial charge in [-0.25, -0.2) is 0 Å². The van der Waals surface area contributed by atoms with Crippen molar-refractivity contribution in [3.05, 3.63) is 28.8 Å². The molecular weight excluding hydrogens is 244 g/mol. The van der Waals surface area contributed by atoms with Gasteiger partial charge >= 0.3 is 0 Å². The van der Waals surface area contributed by atoms with E-state index >= 15 is 0 Å².